The van der Waals surface area contributed by atoms with Crippen LogP contribution in [0, 0.1) is 11.8 Å². The lowest BCUT2D eigenvalue weighted by molar-refractivity contribution is -0.141. The Balaban J connectivity index is 1.43. The van der Waals surface area contributed by atoms with E-state index in [1.807, 2.05) is 13.8 Å². The average Bonchev–Trinajstić information content (AvgIpc) is 2.96. The van der Waals surface area contributed by atoms with Crippen molar-refractivity contribution in [2.75, 3.05) is 6.54 Å². The monoisotopic (exact) mass is 411 g/mol. The molecule has 158 valence electrons. The van der Waals surface area contributed by atoms with E-state index in [2.05, 4.69) is 0 Å². The number of esters is 1. The van der Waals surface area contributed by atoms with Crippen LogP contribution in [-0.4, -0.2) is 29.2 Å². The van der Waals surface area contributed by atoms with Crippen LogP contribution in [0.4, 0.5) is 0 Å². The molecule has 1 aromatic carbocycles. The van der Waals surface area contributed by atoms with Crippen LogP contribution in [-0.2, 0) is 14.4 Å². The maximum Gasteiger partial charge on any atom is 0.336 e. The summed E-state index contributed by atoms with van der Waals surface area (Å²) in [5.41, 5.74) is 0.763. The molecule has 2 amide bonds. The van der Waals surface area contributed by atoms with Crippen LogP contribution in [0.2, 0.25) is 0 Å². The van der Waals surface area contributed by atoms with Crippen LogP contribution < -0.4 is 10.4 Å². The standard InChI is InChI=1S/C23H25NO6/c1-13(2)18-12-21(26)30-19-11-14(7-8-15(18)19)29-20(25)9-10-24-22(27)16-5-3-4-6-17(16)23(24)28/h7-8,11-13,16-17H,3-6,9-10H2,1-2H3/t16-,17-/m1/s1. The SMILES string of the molecule is CC(C)c1cc(=O)oc2cc(OC(=O)CCN3C(=O)[C@@H]4CCCC[C@H]4C3=O)ccc12. The van der Waals surface area contributed by atoms with Crippen LogP contribution >= 0.6 is 0 Å². The van der Waals surface area contributed by atoms with Crippen LogP contribution in [0.3, 0.4) is 0 Å². The van der Waals surface area contributed by atoms with E-state index in [4.69, 9.17) is 9.15 Å². The molecule has 7 nitrogen and oxygen atoms in total. The lowest BCUT2D eigenvalue weighted by atomic mass is 9.81. The van der Waals surface area contributed by atoms with Gasteiger partial charge in [-0.15, -0.1) is 0 Å². The second kappa shape index (κ2) is 8.05. The number of hydrogen-bond acceptors (Lipinski definition) is 6. The molecule has 2 heterocycles. The van der Waals surface area contributed by atoms with E-state index in [0.717, 1.165) is 36.6 Å². The van der Waals surface area contributed by atoms with Gasteiger partial charge in [-0.1, -0.05) is 26.7 Å². The fraction of sp³-hybridized carbons (Fsp3) is 0.478. The Morgan fingerprint density at radius 1 is 1.10 bits per heavy atom. The number of ether oxygens (including phenoxy) is 1. The molecular weight excluding hydrogens is 386 g/mol. The molecule has 0 unspecified atom stereocenters. The number of fused-ring (bicyclic) bond motifs is 2. The Bertz CT molecular complexity index is 1050. The van der Waals surface area contributed by atoms with Crippen molar-refractivity contribution in [1.82, 2.24) is 4.90 Å². The van der Waals surface area contributed by atoms with Crippen molar-refractivity contribution in [2.24, 2.45) is 11.8 Å². The molecule has 30 heavy (non-hydrogen) atoms. The molecule has 0 spiro atoms. The van der Waals surface area contributed by atoms with Crippen LogP contribution in [0.1, 0.15) is 57.4 Å². The molecule has 0 bridgehead atoms. The van der Waals surface area contributed by atoms with Gasteiger partial charge >= 0.3 is 11.6 Å². The first-order chi connectivity index (χ1) is 14.3. The van der Waals surface area contributed by atoms with Crippen molar-refractivity contribution in [3.63, 3.8) is 0 Å². The summed E-state index contributed by atoms with van der Waals surface area (Å²) in [4.78, 5) is 50.3. The maximum absolute atomic E-state index is 12.5. The fourth-order valence-electron chi connectivity index (χ4n) is 4.55. The third-order valence-corrected chi connectivity index (χ3v) is 6.07. The highest BCUT2D eigenvalue weighted by Crippen LogP contribution is 2.38. The number of carbonyl (C=O) groups is 3. The second-order valence-corrected chi connectivity index (χ2v) is 8.38. The third kappa shape index (κ3) is 3.76. The summed E-state index contributed by atoms with van der Waals surface area (Å²) in [6.07, 6.45) is 3.35. The molecule has 2 aromatic rings. The van der Waals surface area contributed by atoms with Gasteiger partial charge in [-0.2, -0.15) is 0 Å². The highest BCUT2D eigenvalue weighted by atomic mass is 16.5. The van der Waals surface area contributed by atoms with Crippen molar-refractivity contribution in [1.29, 1.82) is 0 Å². The second-order valence-electron chi connectivity index (χ2n) is 8.38. The smallest absolute Gasteiger partial charge is 0.336 e. The Morgan fingerprint density at radius 2 is 1.77 bits per heavy atom. The van der Waals surface area contributed by atoms with Gasteiger partial charge in [0, 0.05) is 24.1 Å². The van der Waals surface area contributed by atoms with E-state index < -0.39 is 11.6 Å². The zero-order chi connectivity index (χ0) is 21.4. The lowest BCUT2D eigenvalue weighted by Gasteiger charge is -2.19. The molecule has 2 aliphatic rings. The predicted molar refractivity (Wildman–Crippen MR) is 109 cm³/mol. The number of rotatable bonds is 5. The molecule has 2 fully saturated rings. The quantitative estimate of drug-likeness (QED) is 0.324. The van der Waals surface area contributed by atoms with Crippen molar-refractivity contribution in [2.45, 2.75) is 51.9 Å². The zero-order valence-electron chi connectivity index (χ0n) is 17.2. The molecule has 1 aliphatic carbocycles. The summed E-state index contributed by atoms with van der Waals surface area (Å²) < 4.78 is 10.6. The lowest BCUT2D eigenvalue weighted by Crippen LogP contribution is -2.33. The topological polar surface area (TPSA) is 93.9 Å². The predicted octanol–water partition coefficient (Wildman–Crippen LogP) is 3.39. The first-order valence-corrected chi connectivity index (χ1v) is 10.5. The number of imide groups is 1. The molecule has 0 radical (unpaired) electrons. The van der Waals surface area contributed by atoms with Crippen molar-refractivity contribution >= 4 is 28.8 Å². The van der Waals surface area contributed by atoms with Gasteiger partial charge in [-0.3, -0.25) is 19.3 Å². The Labute approximate surface area is 174 Å². The third-order valence-electron chi connectivity index (χ3n) is 6.07. The number of benzene rings is 1. The van der Waals surface area contributed by atoms with Gasteiger partial charge in [0.15, 0.2) is 0 Å². The van der Waals surface area contributed by atoms with E-state index in [1.165, 1.54) is 17.0 Å². The number of carbonyl (C=O) groups excluding carboxylic acids is 3. The summed E-state index contributed by atoms with van der Waals surface area (Å²) in [5.74, 6) is -0.917. The molecule has 1 aliphatic heterocycles. The minimum absolute atomic E-state index is 0.0314. The summed E-state index contributed by atoms with van der Waals surface area (Å²) in [6, 6.07) is 6.39. The van der Waals surface area contributed by atoms with Crippen LogP contribution in [0.15, 0.2) is 33.5 Å². The highest BCUT2D eigenvalue weighted by molar-refractivity contribution is 6.05. The van der Waals surface area contributed by atoms with Gasteiger partial charge in [0.1, 0.15) is 11.3 Å². The van der Waals surface area contributed by atoms with E-state index >= 15 is 0 Å². The molecule has 0 N–H and O–H groups in total. The molecular formula is C23H25NO6. The van der Waals surface area contributed by atoms with Gasteiger partial charge in [0.05, 0.1) is 18.3 Å². The molecule has 7 heteroatoms. The molecule has 2 atom stereocenters. The number of likely N-dealkylation sites (tertiary alicyclic amines) is 1. The van der Waals surface area contributed by atoms with Gasteiger partial charge in [0.25, 0.3) is 0 Å². The van der Waals surface area contributed by atoms with E-state index in [-0.39, 0.29) is 48.3 Å². The normalized spacial score (nSPS) is 21.4. The van der Waals surface area contributed by atoms with Gasteiger partial charge in [0.2, 0.25) is 11.8 Å². The minimum atomic E-state index is -0.549. The Morgan fingerprint density at radius 3 is 2.40 bits per heavy atom. The van der Waals surface area contributed by atoms with Crippen LogP contribution in [0.25, 0.3) is 11.0 Å². The zero-order valence-corrected chi connectivity index (χ0v) is 17.2. The molecule has 1 aromatic heterocycles. The first kappa shape index (κ1) is 20.3. The number of amides is 2. The van der Waals surface area contributed by atoms with Crippen molar-refractivity contribution < 1.29 is 23.5 Å². The Kier molecular flexibility index (Phi) is 5.45. The van der Waals surface area contributed by atoms with Crippen molar-refractivity contribution in [3.8, 4) is 5.75 Å². The van der Waals surface area contributed by atoms with E-state index in [1.54, 1.807) is 12.1 Å². The van der Waals surface area contributed by atoms with E-state index in [9.17, 15) is 19.2 Å². The molecule has 1 saturated carbocycles. The summed E-state index contributed by atoms with van der Waals surface area (Å²) in [5, 5.41) is 0.792. The summed E-state index contributed by atoms with van der Waals surface area (Å²) >= 11 is 0. The highest BCUT2D eigenvalue weighted by Gasteiger charge is 2.47. The van der Waals surface area contributed by atoms with E-state index in [0.29, 0.717) is 5.58 Å². The molecule has 1 saturated heterocycles. The summed E-state index contributed by atoms with van der Waals surface area (Å²) in [7, 11) is 0. The van der Waals surface area contributed by atoms with Crippen molar-refractivity contribution in [3.05, 3.63) is 40.2 Å². The largest absolute Gasteiger partial charge is 0.426 e. The van der Waals surface area contributed by atoms with Gasteiger partial charge in [-0.05, 0) is 36.5 Å². The first-order valence-electron chi connectivity index (χ1n) is 10.5. The Hall–Kier alpha value is -2.96. The number of hydrogen-bond donors (Lipinski definition) is 0. The maximum atomic E-state index is 12.5. The minimum Gasteiger partial charge on any atom is -0.426 e. The summed E-state index contributed by atoms with van der Waals surface area (Å²) in [6.45, 7) is 4.00. The van der Waals surface area contributed by atoms with Gasteiger partial charge in [-0.25, -0.2) is 4.79 Å². The molecule has 4 rings (SSSR count). The number of nitrogens with zero attached hydrogens (tertiary/aromatic N) is 1. The van der Waals surface area contributed by atoms with Gasteiger partial charge < -0.3 is 9.15 Å². The fourth-order valence-corrected chi connectivity index (χ4v) is 4.55. The average molecular weight is 411 g/mol. The van der Waals surface area contributed by atoms with Crippen LogP contribution in [0.5, 0.6) is 5.75 Å².